The van der Waals surface area contributed by atoms with E-state index in [0.717, 1.165) is 6.42 Å². The normalized spacial score (nSPS) is 13.6. The molecule has 0 saturated heterocycles. The second-order valence-corrected chi connectivity index (χ2v) is 7.20. The second kappa shape index (κ2) is 9.01. The van der Waals surface area contributed by atoms with Gasteiger partial charge in [-0.3, -0.25) is 14.2 Å². The Morgan fingerprint density at radius 2 is 2.08 bits per heavy atom. The van der Waals surface area contributed by atoms with E-state index >= 15 is 0 Å². The second-order valence-electron chi connectivity index (χ2n) is 5.89. The van der Waals surface area contributed by atoms with Crippen LogP contribution in [0.15, 0.2) is 34.2 Å². The molecule has 25 heavy (non-hydrogen) atoms. The lowest BCUT2D eigenvalue weighted by atomic mass is 10.2. The number of rotatable bonds is 8. The summed E-state index contributed by atoms with van der Waals surface area (Å²) in [4.78, 5) is 29.8. The average Bonchev–Trinajstić information content (AvgIpc) is 2.61. The highest BCUT2D eigenvalue weighted by Crippen LogP contribution is 2.25. The monoisotopic (exact) mass is 363 g/mol. The molecular weight excluding hydrogens is 338 g/mol. The number of hydrogen-bond acceptors (Lipinski definition) is 5. The van der Waals surface area contributed by atoms with Gasteiger partial charge in [-0.15, -0.1) is 0 Å². The molecule has 0 spiro atoms. The number of benzene rings is 1. The molecule has 1 heterocycles. The van der Waals surface area contributed by atoms with E-state index < -0.39 is 0 Å². The summed E-state index contributed by atoms with van der Waals surface area (Å²) in [5.74, 6) is -0.0971. The number of nitrogens with zero attached hydrogens (tertiary/aromatic N) is 2. The maximum absolute atomic E-state index is 12.9. The summed E-state index contributed by atoms with van der Waals surface area (Å²) in [6.07, 6.45) is 0.807. The van der Waals surface area contributed by atoms with Crippen LogP contribution >= 0.6 is 11.8 Å². The van der Waals surface area contributed by atoms with Crippen molar-refractivity contribution in [3.8, 4) is 0 Å². The molecular formula is C18H25N3O3S. The molecule has 2 rings (SSSR count). The number of aromatic nitrogens is 2. The predicted molar refractivity (Wildman–Crippen MR) is 101 cm³/mol. The third kappa shape index (κ3) is 4.61. The van der Waals surface area contributed by atoms with Crippen LogP contribution in [0.2, 0.25) is 0 Å². The minimum atomic E-state index is -0.361. The average molecular weight is 363 g/mol. The summed E-state index contributed by atoms with van der Waals surface area (Å²) in [6.45, 7) is 6.76. The van der Waals surface area contributed by atoms with Crippen LogP contribution in [-0.4, -0.2) is 41.0 Å². The summed E-state index contributed by atoms with van der Waals surface area (Å²) < 4.78 is 6.64. The van der Waals surface area contributed by atoms with Crippen LogP contribution in [0, 0.1) is 0 Å². The Morgan fingerprint density at radius 3 is 2.76 bits per heavy atom. The number of ether oxygens (including phenoxy) is 1. The molecule has 1 N–H and O–H groups in total. The predicted octanol–water partition coefficient (Wildman–Crippen LogP) is 2.61. The zero-order valence-corrected chi connectivity index (χ0v) is 15.9. The van der Waals surface area contributed by atoms with E-state index in [0.29, 0.717) is 29.2 Å². The van der Waals surface area contributed by atoms with E-state index in [1.54, 1.807) is 17.7 Å². The summed E-state index contributed by atoms with van der Waals surface area (Å²) in [5, 5.41) is 3.63. The van der Waals surface area contributed by atoms with Crippen molar-refractivity contribution in [3.63, 3.8) is 0 Å². The molecule has 2 atom stereocenters. The van der Waals surface area contributed by atoms with Crippen LogP contribution in [0.25, 0.3) is 10.9 Å². The van der Waals surface area contributed by atoms with Crippen molar-refractivity contribution in [3.05, 3.63) is 34.6 Å². The third-order valence-electron chi connectivity index (χ3n) is 4.06. The van der Waals surface area contributed by atoms with Crippen molar-refractivity contribution in [1.82, 2.24) is 14.9 Å². The van der Waals surface area contributed by atoms with E-state index in [1.165, 1.54) is 11.8 Å². The van der Waals surface area contributed by atoms with Gasteiger partial charge < -0.3 is 10.1 Å². The van der Waals surface area contributed by atoms with Gasteiger partial charge in [-0.1, -0.05) is 30.8 Å². The van der Waals surface area contributed by atoms with Gasteiger partial charge in [0.05, 0.1) is 22.8 Å². The van der Waals surface area contributed by atoms with Crippen molar-refractivity contribution in [2.75, 3.05) is 20.3 Å². The van der Waals surface area contributed by atoms with Crippen molar-refractivity contribution in [1.29, 1.82) is 0 Å². The van der Waals surface area contributed by atoms with Gasteiger partial charge in [-0.25, -0.2) is 4.98 Å². The zero-order valence-electron chi connectivity index (χ0n) is 15.1. The first-order valence-electron chi connectivity index (χ1n) is 8.44. The number of para-hydroxylation sites is 1. The van der Waals surface area contributed by atoms with E-state index in [9.17, 15) is 9.59 Å². The minimum Gasteiger partial charge on any atom is -0.383 e. The fourth-order valence-corrected chi connectivity index (χ4v) is 3.45. The van der Waals surface area contributed by atoms with Gasteiger partial charge in [0.1, 0.15) is 0 Å². The first-order valence-corrected chi connectivity index (χ1v) is 9.32. The number of carbonyl (C=O) groups is 1. The molecule has 6 nitrogen and oxygen atoms in total. The number of methoxy groups -OCH3 is 1. The minimum absolute atomic E-state index is 0.0101. The Labute approximate surface area is 152 Å². The molecule has 2 aromatic rings. The first kappa shape index (κ1) is 19.5. The maximum atomic E-state index is 12.9. The van der Waals surface area contributed by atoms with Gasteiger partial charge in [0.15, 0.2) is 5.16 Å². The quantitative estimate of drug-likeness (QED) is 0.443. The lowest BCUT2D eigenvalue weighted by molar-refractivity contribution is -0.120. The van der Waals surface area contributed by atoms with Crippen molar-refractivity contribution in [2.24, 2.45) is 0 Å². The van der Waals surface area contributed by atoms with E-state index in [1.807, 2.05) is 39.0 Å². The largest absolute Gasteiger partial charge is 0.383 e. The molecule has 0 aliphatic rings. The molecule has 1 aromatic carbocycles. The molecule has 0 radical (unpaired) electrons. The standard InChI is InChI=1S/C18H25N3O3S/c1-5-12(2)21-17(23)14-8-6-7-9-15(14)20-18(21)25-13(3)16(22)19-10-11-24-4/h6-9,12-13H,5,10-11H2,1-4H3,(H,19,22)/t12-,13-/m0/s1. The summed E-state index contributed by atoms with van der Waals surface area (Å²) >= 11 is 1.31. The SMILES string of the molecule is CC[C@H](C)n1c(S[C@@H](C)C(=O)NCCOC)nc2ccccc2c1=O. The van der Waals surface area contributed by atoms with Gasteiger partial charge in [0, 0.05) is 19.7 Å². The van der Waals surface area contributed by atoms with Crippen molar-refractivity contribution >= 4 is 28.6 Å². The topological polar surface area (TPSA) is 73.2 Å². The van der Waals surface area contributed by atoms with Gasteiger partial charge >= 0.3 is 0 Å². The van der Waals surface area contributed by atoms with Gasteiger partial charge in [0.2, 0.25) is 5.91 Å². The van der Waals surface area contributed by atoms with E-state index in [-0.39, 0.29) is 22.8 Å². The van der Waals surface area contributed by atoms with Crippen molar-refractivity contribution < 1.29 is 9.53 Å². The maximum Gasteiger partial charge on any atom is 0.262 e. The number of fused-ring (bicyclic) bond motifs is 1. The van der Waals surface area contributed by atoms with Crippen LogP contribution in [0.4, 0.5) is 0 Å². The molecule has 0 bridgehead atoms. The summed E-state index contributed by atoms with van der Waals surface area (Å²) in [7, 11) is 1.59. The molecule has 0 aliphatic carbocycles. The Hall–Kier alpha value is -1.86. The van der Waals surface area contributed by atoms with Gasteiger partial charge in [-0.2, -0.15) is 0 Å². The number of thioether (sulfide) groups is 1. The molecule has 1 amide bonds. The molecule has 1 aromatic heterocycles. The number of amides is 1. The molecule has 0 unspecified atom stereocenters. The highest BCUT2D eigenvalue weighted by molar-refractivity contribution is 8.00. The number of carbonyl (C=O) groups excluding carboxylic acids is 1. The smallest absolute Gasteiger partial charge is 0.262 e. The van der Waals surface area contributed by atoms with Crippen molar-refractivity contribution in [2.45, 2.75) is 43.6 Å². The number of hydrogen-bond donors (Lipinski definition) is 1. The molecule has 0 fully saturated rings. The third-order valence-corrected chi connectivity index (χ3v) is 5.13. The summed E-state index contributed by atoms with van der Waals surface area (Å²) in [5.41, 5.74) is 0.594. The van der Waals surface area contributed by atoms with Crippen LogP contribution < -0.4 is 10.9 Å². The molecule has 136 valence electrons. The lowest BCUT2D eigenvalue weighted by Gasteiger charge is -2.20. The number of nitrogens with one attached hydrogen (secondary N) is 1. The fourth-order valence-electron chi connectivity index (χ4n) is 2.41. The van der Waals surface area contributed by atoms with Crippen LogP contribution in [0.3, 0.4) is 0 Å². The Morgan fingerprint density at radius 1 is 1.36 bits per heavy atom. The Bertz CT molecular complexity index is 791. The first-order chi connectivity index (χ1) is 12.0. The van der Waals surface area contributed by atoms with Crippen LogP contribution in [-0.2, 0) is 9.53 Å². The lowest BCUT2D eigenvalue weighted by Crippen LogP contribution is -2.34. The van der Waals surface area contributed by atoms with Crippen LogP contribution in [0.5, 0.6) is 0 Å². The van der Waals surface area contributed by atoms with Gasteiger partial charge in [-0.05, 0) is 32.4 Å². The molecule has 0 saturated carbocycles. The fraction of sp³-hybridized carbons (Fsp3) is 0.500. The van der Waals surface area contributed by atoms with E-state index in [2.05, 4.69) is 10.3 Å². The highest BCUT2D eigenvalue weighted by Gasteiger charge is 2.21. The van der Waals surface area contributed by atoms with Gasteiger partial charge in [0.25, 0.3) is 5.56 Å². The Balaban J connectivity index is 2.35. The highest BCUT2D eigenvalue weighted by atomic mass is 32.2. The summed E-state index contributed by atoms with van der Waals surface area (Å²) in [6, 6.07) is 7.32. The zero-order chi connectivity index (χ0) is 18.4. The Kier molecular flexibility index (Phi) is 7.01. The molecule has 7 heteroatoms. The molecule has 0 aliphatic heterocycles. The van der Waals surface area contributed by atoms with Crippen LogP contribution in [0.1, 0.15) is 33.2 Å². The van der Waals surface area contributed by atoms with E-state index in [4.69, 9.17) is 4.74 Å².